The number of carbonyl (C=O) groups is 1. The van der Waals surface area contributed by atoms with Gasteiger partial charge in [-0.1, -0.05) is 0 Å². The summed E-state index contributed by atoms with van der Waals surface area (Å²) < 4.78 is 5.43. The van der Waals surface area contributed by atoms with Crippen molar-refractivity contribution in [2.45, 2.75) is 6.92 Å². The van der Waals surface area contributed by atoms with E-state index in [4.69, 9.17) is 10.5 Å². The van der Waals surface area contributed by atoms with Crippen molar-refractivity contribution in [2.24, 2.45) is 0 Å². The van der Waals surface area contributed by atoms with Crippen LogP contribution in [0.15, 0.2) is 24.3 Å². The summed E-state index contributed by atoms with van der Waals surface area (Å²) in [5.41, 5.74) is 6.25. The van der Waals surface area contributed by atoms with Crippen LogP contribution in [-0.2, 0) is 4.79 Å². The predicted octanol–water partition coefficient (Wildman–Crippen LogP) is 1.13. The second kappa shape index (κ2) is 5.24. The van der Waals surface area contributed by atoms with E-state index in [2.05, 4.69) is 0 Å². The van der Waals surface area contributed by atoms with Gasteiger partial charge in [0.05, 0.1) is 6.54 Å². The summed E-state index contributed by atoms with van der Waals surface area (Å²) >= 11 is 0. The Kier molecular flexibility index (Phi) is 3.97. The Balaban J connectivity index is 2.32. The zero-order valence-electron chi connectivity index (χ0n) is 9.06. The highest BCUT2D eigenvalue weighted by Gasteiger charge is 2.01. The van der Waals surface area contributed by atoms with E-state index in [1.807, 2.05) is 12.1 Å². The first-order valence-electron chi connectivity index (χ1n) is 4.79. The average Bonchev–Trinajstić information content (AvgIpc) is 2.20. The van der Waals surface area contributed by atoms with Gasteiger partial charge in [-0.15, -0.1) is 0 Å². The van der Waals surface area contributed by atoms with E-state index in [-0.39, 0.29) is 5.91 Å². The standard InChI is InChI=1S/C11H16N2O2/c1-9(14)13(2)7-8-15-11-5-3-10(12)4-6-11/h3-6H,7-8,12H2,1-2H3. The first-order chi connectivity index (χ1) is 7.09. The molecule has 0 saturated carbocycles. The number of likely N-dealkylation sites (N-methyl/N-ethyl adjacent to an activating group) is 1. The summed E-state index contributed by atoms with van der Waals surface area (Å²) in [4.78, 5) is 12.5. The molecule has 0 fully saturated rings. The lowest BCUT2D eigenvalue weighted by atomic mass is 10.3. The van der Waals surface area contributed by atoms with Crippen LogP contribution in [0.25, 0.3) is 0 Å². The number of hydrogen-bond acceptors (Lipinski definition) is 3. The molecule has 0 aromatic heterocycles. The topological polar surface area (TPSA) is 55.6 Å². The lowest BCUT2D eigenvalue weighted by Gasteiger charge is -2.15. The van der Waals surface area contributed by atoms with Crippen LogP contribution in [0.4, 0.5) is 5.69 Å². The quantitative estimate of drug-likeness (QED) is 0.754. The highest BCUT2D eigenvalue weighted by Crippen LogP contribution is 2.12. The summed E-state index contributed by atoms with van der Waals surface area (Å²) in [7, 11) is 1.74. The molecule has 4 nitrogen and oxygen atoms in total. The monoisotopic (exact) mass is 208 g/mol. The molecule has 1 aromatic carbocycles. The fourth-order valence-corrected chi connectivity index (χ4v) is 1.02. The second-order valence-corrected chi connectivity index (χ2v) is 3.36. The molecule has 0 aliphatic rings. The third kappa shape index (κ3) is 3.89. The molecule has 1 aromatic rings. The molecule has 0 saturated heterocycles. The Labute approximate surface area is 89.6 Å². The maximum absolute atomic E-state index is 10.9. The summed E-state index contributed by atoms with van der Waals surface area (Å²) in [6.07, 6.45) is 0. The molecule has 1 amide bonds. The van der Waals surface area contributed by atoms with Crippen molar-refractivity contribution >= 4 is 11.6 Å². The Bertz CT molecular complexity index is 322. The molecular formula is C11H16N2O2. The summed E-state index contributed by atoms with van der Waals surface area (Å²) in [6, 6.07) is 7.18. The van der Waals surface area contributed by atoms with E-state index >= 15 is 0 Å². The zero-order chi connectivity index (χ0) is 11.3. The summed E-state index contributed by atoms with van der Waals surface area (Å²) in [5, 5.41) is 0. The number of ether oxygens (including phenoxy) is 1. The van der Waals surface area contributed by atoms with Crippen molar-refractivity contribution in [2.75, 3.05) is 25.9 Å². The third-order valence-electron chi connectivity index (χ3n) is 2.11. The van der Waals surface area contributed by atoms with Crippen molar-refractivity contribution in [3.63, 3.8) is 0 Å². The van der Waals surface area contributed by atoms with Gasteiger partial charge in [0.15, 0.2) is 0 Å². The first-order valence-corrected chi connectivity index (χ1v) is 4.79. The number of amides is 1. The molecule has 82 valence electrons. The zero-order valence-corrected chi connectivity index (χ0v) is 9.06. The largest absolute Gasteiger partial charge is 0.492 e. The van der Waals surface area contributed by atoms with Crippen LogP contribution in [0.3, 0.4) is 0 Å². The van der Waals surface area contributed by atoms with Gasteiger partial charge < -0.3 is 15.4 Å². The van der Waals surface area contributed by atoms with Gasteiger partial charge in [0, 0.05) is 19.7 Å². The van der Waals surface area contributed by atoms with Crippen LogP contribution in [0.2, 0.25) is 0 Å². The fourth-order valence-electron chi connectivity index (χ4n) is 1.02. The van der Waals surface area contributed by atoms with E-state index in [9.17, 15) is 4.79 Å². The van der Waals surface area contributed by atoms with E-state index in [0.717, 1.165) is 5.75 Å². The van der Waals surface area contributed by atoms with Crippen LogP contribution in [-0.4, -0.2) is 31.0 Å². The molecule has 0 aliphatic heterocycles. The van der Waals surface area contributed by atoms with Crippen LogP contribution in [0, 0.1) is 0 Å². The molecule has 1 rings (SSSR count). The van der Waals surface area contributed by atoms with Crippen molar-refractivity contribution in [3.05, 3.63) is 24.3 Å². The fraction of sp³-hybridized carbons (Fsp3) is 0.364. The summed E-state index contributed by atoms with van der Waals surface area (Å²) in [6.45, 7) is 2.60. The van der Waals surface area contributed by atoms with Gasteiger partial charge in [-0.2, -0.15) is 0 Å². The molecule has 15 heavy (non-hydrogen) atoms. The Hall–Kier alpha value is -1.71. The second-order valence-electron chi connectivity index (χ2n) is 3.36. The molecule has 0 bridgehead atoms. The molecular weight excluding hydrogens is 192 g/mol. The minimum Gasteiger partial charge on any atom is -0.492 e. The Morgan fingerprint density at radius 2 is 2.00 bits per heavy atom. The molecule has 0 radical (unpaired) electrons. The summed E-state index contributed by atoms with van der Waals surface area (Å²) in [5.74, 6) is 0.803. The maximum atomic E-state index is 10.9. The number of nitrogens with two attached hydrogens (primary N) is 1. The number of carbonyl (C=O) groups excluding carboxylic acids is 1. The van der Waals surface area contributed by atoms with Crippen molar-refractivity contribution in [1.82, 2.24) is 4.90 Å². The highest BCUT2D eigenvalue weighted by molar-refractivity contribution is 5.72. The third-order valence-corrected chi connectivity index (χ3v) is 2.11. The van der Waals surface area contributed by atoms with E-state index in [1.165, 1.54) is 6.92 Å². The first kappa shape index (κ1) is 11.4. The molecule has 0 atom stereocenters. The van der Waals surface area contributed by atoms with Gasteiger partial charge in [0.1, 0.15) is 12.4 Å². The van der Waals surface area contributed by atoms with Crippen molar-refractivity contribution < 1.29 is 9.53 Å². The molecule has 0 aliphatic carbocycles. The lowest BCUT2D eigenvalue weighted by molar-refractivity contribution is -0.127. The number of hydrogen-bond donors (Lipinski definition) is 1. The Morgan fingerprint density at radius 3 is 2.53 bits per heavy atom. The lowest BCUT2D eigenvalue weighted by Crippen LogP contribution is -2.28. The van der Waals surface area contributed by atoms with Gasteiger partial charge in [-0.05, 0) is 24.3 Å². The van der Waals surface area contributed by atoms with Crippen molar-refractivity contribution in [1.29, 1.82) is 0 Å². The molecule has 0 spiro atoms. The van der Waals surface area contributed by atoms with E-state index in [1.54, 1.807) is 24.1 Å². The van der Waals surface area contributed by atoms with Gasteiger partial charge in [-0.3, -0.25) is 4.79 Å². The minimum absolute atomic E-state index is 0.0379. The molecule has 0 unspecified atom stereocenters. The van der Waals surface area contributed by atoms with Gasteiger partial charge >= 0.3 is 0 Å². The van der Waals surface area contributed by atoms with Crippen LogP contribution in [0.1, 0.15) is 6.92 Å². The average molecular weight is 208 g/mol. The number of benzene rings is 1. The van der Waals surface area contributed by atoms with Gasteiger partial charge in [-0.25, -0.2) is 0 Å². The molecule has 0 heterocycles. The maximum Gasteiger partial charge on any atom is 0.219 e. The van der Waals surface area contributed by atoms with Gasteiger partial charge in [0.2, 0.25) is 5.91 Å². The molecule has 2 N–H and O–H groups in total. The van der Waals surface area contributed by atoms with Crippen LogP contribution >= 0.6 is 0 Å². The van der Waals surface area contributed by atoms with E-state index < -0.39 is 0 Å². The minimum atomic E-state index is 0.0379. The van der Waals surface area contributed by atoms with Crippen LogP contribution < -0.4 is 10.5 Å². The number of nitrogen functional groups attached to an aromatic ring is 1. The van der Waals surface area contributed by atoms with E-state index in [0.29, 0.717) is 18.8 Å². The predicted molar refractivity (Wildman–Crippen MR) is 59.7 cm³/mol. The number of nitrogens with zero attached hydrogens (tertiary/aromatic N) is 1. The number of rotatable bonds is 4. The normalized spacial score (nSPS) is 9.73. The Morgan fingerprint density at radius 1 is 1.40 bits per heavy atom. The van der Waals surface area contributed by atoms with Gasteiger partial charge in [0.25, 0.3) is 0 Å². The van der Waals surface area contributed by atoms with Crippen LogP contribution in [0.5, 0.6) is 5.75 Å². The molecule has 4 heteroatoms. The highest BCUT2D eigenvalue weighted by atomic mass is 16.5. The SMILES string of the molecule is CC(=O)N(C)CCOc1ccc(N)cc1. The number of anilines is 1. The smallest absolute Gasteiger partial charge is 0.219 e. The van der Waals surface area contributed by atoms with Crippen molar-refractivity contribution in [3.8, 4) is 5.75 Å².